The summed E-state index contributed by atoms with van der Waals surface area (Å²) in [5, 5.41) is 9.20. The number of ether oxygens (including phenoxy) is 4. The van der Waals surface area contributed by atoms with Crippen LogP contribution in [0.15, 0.2) is 18.2 Å². The number of aliphatic hydroxyl groups excluding tert-OH is 1. The third-order valence-electron chi connectivity index (χ3n) is 4.09. The Kier molecular flexibility index (Phi) is 6.64. The van der Waals surface area contributed by atoms with E-state index in [-0.39, 0.29) is 12.8 Å². The third kappa shape index (κ3) is 4.99. The standard InChI is InChI=1S/C17H24N2O7/c1-10(6-12-4-5-13-14(7-12)24-8-23-13)19(3)17(22)26-9-25-16(21)15(18)11(2)20/h4-5,7,10-11,15,20H,6,8-9,18H2,1-3H3. The average molecular weight is 368 g/mol. The highest BCUT2D eigenvalue weighted by molar-refractivity contribution is 5.76. The van der Waals surface area contributed by atoms with E-state index in [9.17, 15) is 14.7 Å². The first kappa shape index (κ1) is 19.8. The Balaban J connectivity index is 1.79. The Labute approximate surface area is 151 Å². The molecule has 1 aromatic rings. The Bertz CT molecular complexity index is 650. The van der Waals surface area contributed by atoms with Crippen molar-refractivity contribution in [1.82, 2.24) is 4.90 Å². The predicted octanol–water partition coefficient (Wildman–Crippen LogP) is 0.624. The van der Waals surface area contributed by atoms with Crippen LogP contribution in [0, 0.1) is 0 Å². The van der Waals surface area contributed by atoms with Gasteiger partial charge in [0.05, 0.1) is 6.10 Å². The predicted molar refractivity (Wildman–Crippen MR) is 90.6 cm³/mol. The molecule has 9 heteroatoms. The molecule has 1 amide bonds. The number of carbonyl (C=O) groups excluding carboxylic acids is 2. The smallest absolute Gasteiger partial charge is 0.412 e. The zero-order chi connectivity index (χ0) is 19.3. The average Bonchev–Trinajstić information content (AvgIpc) is 3.07. The van der Waals surface area contributed by atoms with Crippen LogP contribution in [-0.2, 0) is 20.7 Å². The van der Waals surface area contributed by atoms with Crippen molar-refractivity contribution in [2.75, 3.05) is 20.6 Å². The van der Waals surface area contributed by atoms with Crippen molar-refractivity contribution in [3.05, 3.63) is 23.8 Å². The lowest BCUT2D eigenvalue weighted by atomic mass is 10.1. The maximum Gasteiger partial charge on any atom is 0.412 e. The van der Waals surface area contributed by atoms with E-state index >= 15 is 0 Å². The number of nitrogens with two attached hydrogens (primary N) is 1. The van der Waals surface area contributed by atoms with E-state index in [0.29, 0.717) is 17.9 Å². The highest BCUT2D eigenvalue weighted by atomic mass is 16.7. The SMILES string of the molecule is CC(O)C(N)C(=O)OCOC(=O)N(C)C(C)Cc1ccc2c(c1)OCO2. The first-order chi connectivity index (χ1) is 12.3. The van der Waals surface area contributed by atoms with Crippen LogP contribution >= 0.6 is 0 Å². The lowest BCUT2D eigenvalue weighted by Gasteiger charge is -2.24. The van der Waals surface area contributed by atoms with Crippen LogP contribution in [0.1, 0.15) is 19.4 Å². The summed E-state index contributed by atoms with van der Waals surface area (Å²) in [7, 11) is 1.59. The van der Waals surface area contributed by atoms with Crippen LogP contribution in [-0.4, -0.2) is 60.9 Å². The number of nitrogens with zero attached hydrogens (tertiary/aromatic N) is 1. The zero-order valence-corrected chi connectivity index (χ0v) is 15.0. The van der Waals surface area contributed by atoms with E-state index in [0.717, 1.165) is 5.56 Å². The summed E-state index contributed by atoms with van der Waals surface area (Å²) >= 11 is 0. The summed E-state index contributed by atoms with van der Waals surface area (Å²) < 4.78 is 20.2. The van der Waals surface area contributed by atoms with Gasteiger partial charge in [-0.3, -0.25) is 4.79 Å². The maximum atomic E-state index is 12.0. The molecule has 144 valence electrons. The first-order valence-electron chi connectivity index (χ1n) is 8.18. The third-order valence-corrected chi connectivity index (χ3v) is 4.09. The van der Waals surface area contributed by atoms with Gasteiger partial charge in [0.1, 0.15) is 6.04 Å². The number of benzene rings is 1. The molecule has 0 saturated heterocycles. The molecular weight excluding hydrogens is 344 g/mol. The van der Waals surface area contributed by atoms with Crippen LogP contribution in [0.3, 0.4) is 0 Å². The Morgan fingerprint density at radius 2 is 1.96 bits per heavy atom. The Hall–Kier alpha value is -2.52. The van der Waals surface area contributed by atoms with Crippen molar-refractivity contribution >= 4 is 12.1 Å². The van der Waals surface area contributed by atoms with Crippen LogP contribution in [0.5, 0.6) is 11.5 Å². The lowest BCUT2D eigenvalue weighted by Crippen LogP contribution is -2.42. The number of hydrogen-bond donors (Lipinski definition) is 2. The molecule has 0 saturated carbocycles. The van der Waals surface area contributed by atoms with E-state index in [2.05, 4.69) is 0 Å². The molecule has 26 heavy (non-hydrogen) atoms. The molecule has 0 fully saturated rings. The second-order valence-electron chi connectivity index (χ2n) is 6.11. The number of carbonyl (C=O) groups is 2. The number of esters is 1. The van der Waals surface area contributed by atoms with E-state index < -0.39 is 31.0 Å². The molecule has 0 aliphatic carbocycles. The van der Waals surface area contributed by atoms with Gasteiger partial charge >= 0.3 is 12.1 Å². The summed E-state index contributed by atoms with van der Waals surface area (Å²) in [5.74, 6) is 0.538. The number of likely N-dealkylation sites (N-methyl/N-ethyl adjacent to an activating group) is 1. The van der Waals surface area contributed by atoms with Crippen LogP contribution in [0.25, 0.3) is 0 Å². The monoisotopic (exact) mass is 368 g/mol. The molecule has 1 aliphatic heterocycles. The number of hydrogen-bond acceptors (Lipinski definition) is 8. The van der Waals surface area contributed by atoms with E-state index in [4.69, 9.17) is 24.7 Å². The molecule has 3 unspecified atom stereocenters. The largest absolute Gasteiger partial charge is 0.454 e. The highest BCUT2D eigenvalue weighted by Gasteiger charge is 2.22. The molecule has 1 heterocycles. The maximum absolute atomic E-state index is 12.0. The van der Waals surface area contributed by atoms with Gasteiger partial charge in [0.2, 0.25) is 13.6 Å². The number of rotatable bonds is 7. The molecule has 0 radical (unpaired) electrons. The van der Waals surface area contributed by atoms with Gasteiger partial charge in [-0.25, -0.2) is 4.79 Å². The van der Waals surface area contributed by atoms with Crippen LogP contribution in [0.2, 0.25) is 0 Å². The van der Waals surface area contributed by atoms with E-state index in [1.54, 1.807) is 7.05 Å². The summed E-state index contributed by atoms with van der Waals surface area (Å²) in [6.07, 6.45) is -1.12. The Morgan fingerprint density at radius 1 is 1.27 bits per heavy atom. The summed E-state index contributed by atoms with van der Waals surface area (Å²) in [4.78, 5) is 24.9. The quantitative estimate of drug-likeness (QED) is 0.531. The van der Waals surface area contributed by atoms with Crippen molar-refractivity contribution in [2.24, 2.45) is 5.73 Å². The minimum Gasteiger partial charge on any atom is -0.454 e. The molecule has 1 aromatic carbocycles. The molecule has 0 aromatic heterocycles. The fraction of sp³-hybridized carbons (Fsp3) is 0.529. The van der Waals surface area contributed by atoms with Gasteiger partial charge in [0.25, 0.3) is 0 Å². The molecule has 2 rings (SSSR count). The van der Waals surface area contributed by atoms with Crippen LogP contribution in [0.4, 0.5) is 4.79 Å². The normalized spacial score (nSPS) is 15.7. The second kappa shape index (κ2) is 8.72. The van der Waals surface area contributed by atoms with Gasteiger partial charge < -0.3 is 34.7 Å². The molecular formula is C17H24N2O7. The molecule has 0 spiro atoms. The van der Waals surface area contributed by atoms with Gasteiger partial charge in [-0.05, 0) is 38.0 Å². The summed E-state index contributed by atoms with van der Waals surface area (Å²) in [6, 6.07) is 4.25. The topological polar surface area (TPSA) is 121 Å². The fourth-order valence-corrected chi connectivity index (χ4v) is 2.26. The van der Waals surface area contributed by atoms with E-state index in [1.807, 2.05) is 25.1 Å². The van der Waals surface area contributed by atoms with Crippen molar-refractivity contribution in [3.63, 3.8) is 0 Å². The number of fused-ring (bicyclic) bond motifs is 1. The van der Waals surface area contributed by atoms with Gasteiger partial charge in [-0.1, -0.05) is 6.07 Å². The Morgan fingerprint density at radius 3 is 2.65 bits per heavy atom. The summed E-state index contributed by atoms with van der Waals surface area (Å²) in [5.41, 5.74) is 6.40. The zero-order valence-electron chi connectivity index (χ0n) is 15.0. The van der Waals surface area contributed by atoms with Gasteiger partial charge in [-0.2, -0.15) is 0 Å². The van der Waals surface area contributed by atoms with E-state index in [1.165, 1.54) is 11.8 Å². The molecule has 0 bridgehead atoms. The van der Waals surface area contributed by atoms with Crippen molar-refractivity contribution in [3.8, 4) is 11.5 Å². The second-order valence-corrected chi connectivity index (χ2v) is 6.11. The molecule has 3 atom stereocenters. The highest BCUT2D eigenvalue weighted by Crippen LogP contribution is 2.32. The van der Waals surface area contributed by atoms with Crippen LogP contribution < -0.4 is 15.2 Å². The number of aliphatic hydroxyl groups is 1. The van der Waals surface area contributed by atoms with Crippen molar-refractivity contribution in [2.45, 2.75) is 38.5 Å². The first-order valence-corrected chi connectivity index (χ1v) is 8.18. The van der Waals surface area contributed by atoms with Crippen molar-refractivity contribution < 1.29 is 33.6 Å². The van der Waals surface area contributed by atoms with Gasteiger partial charge in [0.15, 0.2) is 11.5 Å². The van der Waals surface area contributed by atoms with Crippen molar-refractivity contribution in [1.29, 1.82) is 0 Å². The molecule has 9 nitrogen and oxygen atoms in total. The number of amides is 1. The minimum absolute atomic E-state index is 0.168. The molecule has 1 aliphatic rings. The van der Waals surface area contributed by atoms with Gasteiger partial charge in [-0.15, -0.1) is 0 Å². The lowest BCUT2D eigenvalue weighted by molar-refractivity contribution is -0.156. The summed E-state index contributed by atoms with van der Waals surface area (Å²) in [6.45, 7) is 2.86. The minimum atomic E-state index is -1.18. The fourth-order valence-electron chi connectivity index (χ4n) is 2.26. The molecule has 3 N–H and O–H groups in total. The van der Waals surface area contributed by atoms with Gasteiger partial charge in [0, 0.05) is 13.1 Å².